The van der Waals surface area contributed by atoms with Crippen LogP contribution in [0.5, 0.6) is 5.75 Å². The van der Waals surface area contributed by atoms with Gasteiger partial charge in [0.25, 0.3) is 0 Å². The first-order chi connectivity index (χ1) is 10.7. The molecule has 3 rings (SSSR count). The van der Waals surface area contributed by atoms with E-state index >= 15 is 0 Å². The molecule has 1 fully saturated rings. The predicted molar refractivity (Wildman–Crippen MR) is 97.1 cm³/mol. The molecule has 0 atom stereocenters. The van der Waals surface area contributed by atoms with Crippen LogP contribution >= 0.6 is 35.2 Å². The molecule has 3 nitrogen and oxygen atoms in total. The molecule has 0 amide bonds. The van der Waals surface area contributed by atoms with Crippen LogP contribution in [-0.4, -0.2) is 23.2 Å². The third kappa shape index (κ3) is 3.72. The minimum Gasteiger partial charge on any atom is -0.497 e. The Hall–Kier alpha value is -1.30. The summed E-state index contributed by atoms with van der Waals surface area (Å²) in [6.07, 6.45) is 2.39. The van der Waals surface area contributed by atoms with Crippen LogP contribution in [0.3, 0.4) is 0 Å². The summed E-state index contributed by atoms with van der Waals surface area (Å²) >= 11 is 13.6. The molecule has 1 aliphatic rings. The molecule has 1 heterocycles. The van der Waals surface area contributed by atoms with Gasteiger partial charge in [-0.2, -0.15) is 0 Å². The van der Waals surface area contributed by atoms with Crippen LogP contribution in [-0.2, 0) is 6.54 Å². The fourth-order valence-corrected chi connectivity index (χ4v) is 3.43. The normalized spacial score (nSPS) is 13.7. The summed E-state index contributed by atoms with van der Waals surface area (Å²) in [5.41, 5.74) is 0.780. The minimum absolute atomic E-state index is 0.534. The van der Waals surface area contributed by atoms with Crippen LogP contribution in [0, 0.1) is 0 Å². The first kappa shape index (κ1) is 15.6. The van der Waals surface area contributed by atoms with Crippen molar-refractivity contribution in [1.82, 2.24) is 4.90 Å². The van der Waals surface area contributed by atoms with Crippen molar-refractivity contribution >= 4 is 46.0 Å². The lowest BCUT2D eigenvalue weighted by molar-refractivity contribution is 0.412. The molecule has 0 saturated heterocycles. The van der Waals surface area contributed by atoms with Crippen molar-refractivity contribution in [2.45, 2.75) is 25.4 Å². The number of ether oxygens (including phenoxy) is 1. The average molecular weight is 353 g/mol. The number of anilines is 1. The minimum atomic E-state index is 0.534. The molecular weight excluding hydrogens is 336 g/mol. The number of thiocarbonyl (C=S) groups is 1. The van der Waals surface area contributed by atoms with Gasteiger partial charge in [-0.15, -0.1) is 11.3 Å². The molecule has 6 heteroatoms. The lowest BCUT2D eigenvalue weighted by Crippen LogP contribution is -2.35. The summed E-state index contributed by atoms with van der Waals surface area (Å²) in [6, 6.07) is 10.3. The van der Waals surface area contributed by atoms with E-state index in [4.69, 9.17) is 28.6 Å². The van der Waals surface area contributed by atoms with Crippen LogP contribution < -0.4 is 10.1 Å². The van der Waals surface area contributed by atoms with Gasteiger partial charge in [-0.3, -0.25) is 0 Å². The van der Waals surface area contributed by atoms with E-state index < -0.39 is 0 Å². The van der Waals surface area contributed by atoms with E-state index in [0.717, 1.165) is 18.0 Å². The van der Waals surface area contributed by atoms with Gasteiger partial charge in [-0.05, 0) is 48.6 Å². The summed E-state index contributed by atoms with van der Waals surface area (Å²) < 4.78 is 5.24. The van der Waals surface area contributed by atoms with Crippen molar-refractivity contribution in [2.24, 2.45) is 0 Å². The highest BCUT2D eigenvalue weighted by Crippen LogP contribution is 2.32. The standard InChI is InChI=1S/C16H17ClN2OS2/c1-20-12-6-7-14(17)15(9-12)18-16(21)19(11-4-5-11)10-13-3-2-8-22-13/h2-3,6-9,11H,4-5,10H2,1H3,(H,18,21). The summed E-state index contributed by atoms with van der Waals surface area (Å²) in [4.78, 5) is 3.56. The fraction of sp³-hybridized carbons (Fsp3) is 0.312. The second-order valence-electron chi connectivity index (χ2n) is 5.21. The third-order valence-corrected chi connectivity index (χ3v) is 5.10. The molecule has 1 aliphatic carbocycles. The number of hydrogen-bond acceptors (Lipinski definition) is 3. The maximum absolute atomic E-state index is 6.25. The van der Waals surface area contributed by atoms with Gasteiger partial charge in [-0.1, -0.05) is 17.7 Å². The largest absolute Gasteiger partial charge is 0.497 e. The van der Waals surface area contributed by atoms with Gasteiger partial charge in [0.1, 0.15) is 5.75 Å². The van der Waals surface area contributed by atoms with Crippen LogP contribution in [0.25, 0.3) is 0 Å². The monoisotopic (exact) mass is 352 g/mol. The Kier molecular flexibility index (Phi) is 4.86. The number of methoxy groups -OCH3 is 1. The van der Waals surface area contributed by atoms with Crippen molar-refractivity contribution < 1.29 is 4.74 Å². The molecule has 22 heavy (non-hydrogen) atoms. The maximum atomic E-state index is 6.25. The first-order valence-corrected chi connectivity index (χ1v) is 8.77. The van der Waals surface area contributed by atoms with Crippen molar-refractivity contribution in [3.05, 3.63) is 45.6 Å². The molecule has 0 spiro atoms. The molecule has 0 unspecified atom stereocenters. The highest BCUT2D eigenvalue weighted by atomic mass is 35.5. The van der Waals surface area contributed by atoms with Crippen LogP contribution in [0.1, 0.15) is 17.7 Å². The highest BCUT2D eigenvalue weighted by Gasteiger charge is 2.31. The number of halogens is 1. The van der Waals surface area contributed by atoms with E-state index in [1.165, 1.54) is 17.7 Å². The molecule has 1 N–H and O–H groups in total. The van der Waals surface area contributed by atoms with Gasteiger partial charge < -0.3 is 15.0 Å². The lowest BCUT2D eigenvalue weighted by atomic mass is 10.3. The van der Waals surface area contributed by atoms with Gasteiger partial charge in [0.05, 0.1) is 24.4 Å². The molecular formula is C16H17ClN2OS2. The number of hydrogen-bond donors (Lipinski definition) is 1. The second kappa shape index (κ2) is 6.86. The topological polar surface area (TPSA) is 24.5 Å². The number of benzene rings is 1. The second-order valence-corrected chi connectivity index (χ2v) is 7.04. The van der Waals surface area contributed by atoms with E-state index in [1.807, 2.05) is 18.2 Å². The summed E-state index contributed by atoms with van der Waals surface area (Å²) in [7, 11) is 1.64. The maximum Gasteiger partial charge on any atom is 0.174 e. The van der Waals surface area contributed by atoms with Crippen molar-refractivity contribution in [1.29, 1.82) is 0 Å². The molecule has 2 aromatic rings. The van der Waals surface area contributed by atoms with Gasteiger partial charge in [0.15, 0.2) is 5.11 Å². The Labute approximate surface area is 144 Å². The van der Waals surface area contributed by atoms with Crippen molar-refractivity contribution in [3.8, 4) is 5.75 Å². The summed E-state index contributed by atoms with van der Waals surface area (Å²) in [5, 5.41) is 6.71. The van der Waals surface area contributed by atoms with Gasteiger partial charge >= 0.3 is 0 Å². The average Bonchev–Trinajstić information content (AvgIpc) is 3.23. The quantitative estimate of drug-likeness (QED) is 0.783. The Morgan fingerprint density at radius 1 is 1.45 bits per heavy atom. The molecule has 1 aromatic carbocycles. The van der Waals surface area contributed by atoms with E-state index in [1.54, 1.807) is 18.4 Å². The van der Waals surface area contributed by atoms with Gasteiger partial charge in [0.2, 0.25) is 0 Å². The number of nitrogens with zero attached hydrogens (tertiary/aromatic N) is 1. The molecule has 0 radical (unpaired) electrons. The van der Waals surface area contributed by atoms with Gasteiger partial charge in [0, 0.05) is 17.0 Å². The fourth-order valence-electron chi connectivity index (χ4n) is 2.24. The van der Waals surface area contributed by atoms with Crippen molar-refractivity contribution in [2.75, 3.05) is 12.4 Å². The van der Waals surface area contributed by atoms with E-state index in [-0.39, 0.29) is 0 Å². The van der Waals surface area contributed by atoms with Crippen molar-refractivity contribution in [3.63, 3.8) is 0 Å². The van der Waals surface area contributed by atoms with Crippen LogP contribution in [0.4, 0.5) is 5.69 Å². The Bertz CT molecular complexity index is 656. The first-order valence-electron chi connectivity index (χ1n) is 7.11. The van der Waals surface area contributed by atoms with Crippen LogP contribution in [0.15, 0.2) is 35.7 Å². The lowest BCUT2D eigenvalue weighted by Gasteiger charge is -2.25. The van der Waals surface area contributed by atoms with E-state index in [2.05, 4.69) is 27.7 Å². The summed E-state index contributed by atoms with van der Waals surface area (Å²) in [6.45, 7) is 0.843. The van der Waals surface area contributed by atoms with Gasteiger partial charge in [-0.25, -0.2) is 0 Å². The zero-order valence-corrected chi connectivity index (χ0v) is 14.6. The SMILES string of the molecule is COc1ccc(Cl)c(NC(=S)N(Cc2cccs2)C2CC2)c1. The Morgan fingerprint density at radius 2 is 2.27 bits per heavy atom. The predicted octanol–water partition coefficient (Wildman–Crippen LogP) is 4.77. The van der Waals surface area contributed by atoms with Crippen LogP contribution in [0.2, 0.25) is 5.02 Å². The van der Waals surface area contributed by atoms with E-state index in [0.29, 0.717) is 16.2 Å². The molecule has 1 saturated carbocycles. The molecule has 116 valence electrons. The zero-order chi connectivity index (χ0) is 15.5. The molecule has 0 bridgehead atoms. The Balaban J connectivity index is 1.74. The molecule has 1 aromatic heterocycles. The summed E-state index contributed by atoms with van der Waals surface area (Å²) in [5.74, 6) is 0.755. The third-order valence-electron chi connectivity index (χ3n) is 3.57. The Morgan fingerprint density at radius 3 is 2.91 bits per heavy atom. The number of thiophene rings is 1. The molecule has 0 aliphatic heterocycles. The zero-order valence-electron chi connectivity index (χ0n) is 12.2. The van der Waals surface area contributed by atoms with E-state index in [9.17, 15) is 0 Å². The number of rotatable bonds is 5. The number of nitrogens with one attached hydrogen (secondary N) is 1. The smallest absolute Gasteiger partial charge is 0.174 e. The highest BCUT2D eigenvalue weighted by molar-refractivity contribution is 7.80.